The van der Waals surface area contributed by atoms with Crippen LogP contribution in [0.3, 0.4) is 0 Å². The minimum absolute atomic E-state index is 0.290. The molecule has 1 aliphatic heterocycles. The van der Waals surface area contributed by atoms with Crippen LogP contribution in [0.25, 0.3) is 11.2 Å². The normalized spacial score (nSPS) is 17.4. The first-order valence-corrected chi connectivity index (χ1v) is 8.55. The van der Waals surface area contributed by atoms with E-state index in [1.807, 2.05) is 16.5 Å². The molecule has 27 heavy (non-hydrogen) atoms. The molecule has 1 aliphatic rings. The van der Waals surface area contributed by atoms with E-state index in [1.54, 1.807) is 18.6 Å². The highest BCUT2D eigenvalue weighted by atomic mass is 19.4. The minimum atomic E-state index is -4.43. The van der Waals surface area contributed by atoms with Crippen molar-refractivity contribution in [2.24, 2.45) is 7.05 Å². The molecule has 6 nitrogen and oxygen atoms in total. The maximum absolute atomic E-state index is 13.0. The molecule has 3 aromatic rings. The van der Waals surface area contributed by atoms with E-state index in [1.165, 1.54) is 6.07 Å². The Balaban J connectivity index is 1.53. The van der Waals surface area contributed by atoms with E-state index in [0.29, 0.717) is 24.7 Å². The van der Waals surface area contributed by atoms with E-state index in [-0.39, 0.29) is 18.4 Å². The van der Waals surface area contributed by atoms with Gasteiger partial charge in [0.15, 0.2) is 5.65 Å². The van der Waals surface area contributed by atoms with Crippen LogP contribution in [-0.2, 0) is 18.8 Å². The van der Waals surface area contributed by atoms with Gasteiger partial charge in [0.05, 0.1) is 23.7 Å². The zero-order valence-corrected chi connectivity index (χ0v) is 14.6. The summed E-state index contributed by atoms with van der Waals surface area (Å²) in [5, 5.41) is 10.9. The zero-order valence-electron chi connectivity index (χ0n) is 14.6. The molecule has 0 aliphatic carbocycles. The molecular formula is C18H18F3N5O. The summed E-state index contributed by atoms with van der Waals surface area (Å²) in [6, 6.07) is 4.92. The lowest BCUT2D eigenvalue weighted by molar-refractivity contribution is -0.137. The smallest absolute Gasteiger partial charge is 0.385 e. The number of anilines is 1. The number of hydrogen-bond acceptors (Lipinski definition) is 5. The number of imidazole rings is 1. The van der Waals surface area contributed by atoms with Crippen molar-refractivity contribution in [2.75, 3.05) is 18.0 Å². The number of nitrogens with zero attached hydrogens (tertiary/aromatic N) is 5. The van der Waals surface area contributed by atoms with Crippen LogP contribution in [0.5, 0.6) is 0 Å². The second kappa shape index (κ2) is 6.19. The first-order valence-electron chi connectivity index (χ1n) is 8.55. The molecule has 2 aromatic heterocycles. The Kier molecular flexibility index (Phi) is 4.06. The van der Waals surface area contributed by atoms with E-state index in [9.17, 15) is 18.3 Å². The summed E-state index contributed by atoms with van der Waals surface area (Å²) in [5.41, 5.74) is -0.359. The Morgan fingerprint density at radius 3 is 2.59 bits per heavy atom. The summed E-state index contributed by atoms with van der Waals surface area (Å²) in [7, 11) is 1.86. The number of hydrogen-bond donors (Lipinski definition) is 1. The Labute approximate surface area is 153 Å². The number of fused-ring (bicyclic) bond motifs is 1. The van der Waals surface area contributed by atoms with Gasteiger partial charge in [-0.25, -0.2) is 9.97 Å². The number of alkyl halides is 3. The second-order valence-electron chi connectivity index (χ2n) is 6.83. The summed E-state index contributed by atoms with van der Waals surface area (Å²) in [4.78, 5) is 14.9. The summed E-state index contributed by atoms with van der Waals surface area (Å²) in [5.74, 6) is 0.507. The molecule has 0 unspecified atom stereocenters. The van der Waals surface area contributed by atoms with Crippen molar-refractivity contribution < 1.29 is 18.3 Å². The van der Waals surface area contributed by atoms with Crippen LogP contribution >= 0.6 is 0 Å². The third-order valence-electron chi connectivity index (χ3n) is 5.07. The molecule has 0 amide bonds. The van der Waals surface area contributed by atoms with Crippen molar-refractivity contribution in [1.29, 1.82) is 0 Å². The fraction of sp³-hybridized carbons (Fsp3) is 0.389. The summed E-state index contributed by atoms with van der Waals surface area (Å²) in [6.07, 6.45) is -0.501. The molecule has 4 rings (SSSR count). The molecule has 1 saturated heterocycles. The van der Waals surface area contributed by atoms with Crippen molar-refractivity contribution >= 4 is 17.1 Å². The third-order valence-corrected chi connectivity index (χ3v) is 5.07. The Bertz CT molecular complexity index is 977. The third kappa shape index (κ3) is 3.23. The van der Waals surface area contributed by atoms with Gasteiger partial charge < -0.3 is 14.6 Å². The van der Waals surface area contributed by atoms with Gasteiger partial charge in [0.25, 0.3) is 0 Å². The summed E-state index contributed by atoms with van der Waals surface area (Å²) >= 11 is 0. The maximum atomic E-state index is 13.0. The number of aliphatic hydroxyl groups is 1. The highest BCUT2D eigenvalue weighted by Gasteiger charge is 2.37. The van der Waals surface area contributed by atoms with Gasteiger partial charge in [0.1, 0.15) is 5.52 Å². The summed E-state index contributed by atoms with van der Waals surface area (Å²) in [6.45, 7) is 0.871. The van der Waals surface area contributed by atoms with Crippen molar-refractivity contribution in [3.05, 3.63) is 47.9 Å². The van der Waals surface area contributed by atoms with E-state index < -0.39 is 17.3 Å². The van der Waals surface area contributed by atoms with E-state index >= 15 is 0 Å². The number of aryl methyl sites for hydroxylation is 1. The summed E-state index contributed by atoms with van der Waals surface area (Å²) < 4.78 is 40.7. The van der Waals surface area contributed by atoms with Gasteiger partial charge in [-0.15, -0.1) is 0 Å². The van der Waals surface area contributed by atoms with E-state index in [4.69, 9.17) is 0 Å². The topological polar surface area (TPSA) is 67.1 Å². The fourth-order valence-corrected chi connectivity index (χ4v) is 3.41. The molecule has 0 atom stereocenters. The highest BCUT2D eigenvalue weighted by molar-refractivity contribution is 5.70. The Hall–Kier alpha value is -2.68. The van der Waals surface area contributed by atoms with Crippen LogP contribution in [0.15, 0.2) is 36.8 Å². The molecule has 0 saturated carbocycles. The second-order valence-corrected chi connectivity index (χ2v) is 6.83. The predicted molar refractivity (Wildman–Crippen MR) is 93.1 cm³/mol. The van der Waals surface area contributed by atoms with E-state index in [0.717, 1.165) is 17.6 Å². The van der Waals surface area contributed by atoms with Gasteiger partial charge in [-0.3, -0.25) is 0 Å². The molecule has 9 heteroatoms. The van der Waals surface area contributed by atoms with Crippen LogP contribution in [0.1, 0.15) is 24.0 Å². The van der Waals surface area contributed by atoms with E-state index in [2.05, 4.69) is 15.0 Å². The van der Waals surface area contributed by atoms with Gasteiger partial charge in [-0.2, -0.15) is 18.2 Å². The molecule has 1 fully saturated rings. The van der Waals surface area contributed by atoms with Gasteiger partial charge in [-0.1, -0.05) is 12.1 Å². The Morgan fingerprint density at radius 2 is 1.89 bits per heavy atom. The maximum Gasteiger partial charge on any atom is 0.416 e. The van der Waals surface area contributed by atoms with Crippen LogP contribution < -0.4 is 4.90 Å². The molecule has 1 aromatic carbocycles. The molecule has 0 radical (unpaired) electrons. The SMILES string of the molecule is Cn1cnc2nc(N3CCC(O)(c4cccc(C(F)(F)F)c4)CC3)ncc21. The number of halogens is 3. The van der Waals surface area contributed by atoms with Crippen LogP contribution in [0, 0.1) is 0 Å². The van der Waals surface area contributed by atoms with Crippen LogP contribution in [0.4, 0.5) is 19.1 Å². The monoisotopic (exact) mass is 377 g/mol. The quantitative estimate of drug-likeness (QED) is 0.744. The lowest BCUT2D eigenvalue weighted by Gasteiger charge is -2.38. The highest BCUT2D eigenvalue weighted by Crippen LogP contribution is 2.37. The number of piperidine rings is 1. The first-order chi connectivity index (χ1) is 12.8. The molecule has 0 bridgehead atoms. The van der Waals surface area contributed by atoms with Gasteiger partial charge >= 0.3 is 6.18 Å². The molecule has 1 N–H and O–H groups in total. The molecular weight excluding hydrogens is 359 g/mol. The van der Waals surface area contributed by atoms with Crippen molar-refractivity contribution in [1.82, 2.24) is 19.5 Å². The lowest BCUT2D eigenvalue weighted by atomic mass is 9.84. The standard InChI is InChI=1S/C18H18F3N5O/c1-25-11-23-15-14(25)10-22-16(24-15)26-7-5-17(27,6-8-26)12-3-2-4-13(9-12)18(19,20)21/h2-4,9-11,27H,5-8H2,1H3. The average molecular weight is 377 g/mol. The molecule has 3 heterocycles. The Morgan fingerprint density at radius 1 is 1.15 bits per heavy atom. The van der Waals surface area contributed by atoms with Crippen molar-refractivity contribution in [2.45, 2.75) is 24.6 Å². The average Bonchev–Trinajstić information content (AvgIpc) is 3.02. The van der Waals surface area contributed by atoms with Crippen molar-refractivity contribution in [3.63, 3.8) is 0 Å². The van der Waals surface area contributed by atoms with Crippen LogP contribution in [0.2, 0.25) is 0 Å². The van der Waals surface area contributed by atoms with Gasteiger partial charge in [0, 0.05) is 20.1 Å². The largest absolute Gasteiger partial charge is 0.416 e. The zero-order chi connectivity index (χ0) is 19.2. The predicted octanol–water partition coefficient (Wildman–Crippen LogP) is 2.87. The van der Waals surface area contributed by atoms with Crippen LogP contribution in [-0.4, -0.2) is 37.7 Å². The molecule has 0 spiro atoms. The minimum Gasteiger partial charge on any atom is -0.385 e. The van der Waals surface area contributed by atoms with Crippen molar-refractivity contribution in [3.8, 4) is 0 Å². The van der Waals surface area contributed by atoms with Gasteiger partial charge in [0.2, 0.25) is 5.95 Å². The van der Waals surface area contributed by atoms with Gasteiger partial charge in [-0.05, 0) is 30.5 Å². The fourth-order valence-electron chi connectivity index (χ4n) is 3.41. The number of rotatable bonds is 2. The first kappa shape index (κ1) is 17.7. The number of aromatic nitrogens is 4. The lowest BCUT2D eigenvalue weighted by Crippen LogP contribution is -2.43. The molecule has 142 valence electrons. The number of benzene rings is 1.